The van der Waals surface area contributed by atoms with Crippen molar-refractivity contribution in [3.63, 3.8) is 0 Å². The van der Waals surface area contributed by atoms with Crippen molar-refractivity contribution < 1.29 is 14.3 Å². The second-order valence-electron chi connectivity index (χ2n) is 6.81. The molecule has 2 amide bonds. The van der Waals surface area contributed by atoms with Crippen molar-refractivity contribution in [1.82, 2.24) is 10.6 Å². The van der Waals surface area contributed by atoms with E-state index in [1.54, 1.807) is 12.1 Å². The summed E-state index contributed by atoms with van der Waals surface area (Å²) in [6, 6.07) is 5.95. The first-order valence-electron chi connectivity index (χ1n) is 7.97. The van der Waals surface area contributed by atoms with E-state index in [4.69, 9.17) is 0 Å². The van der Waals surface area contributed by atoms with Crippen LogP contribution >= 0.6 is 0 Å². The van der Waals surface area contributed by atoms with Crippen LogP contribution in [0.1, 0.15) is 44.2 Å². The van der Waals surface area contributed by atoms with Crippen LogP contribution in [0.25, 0.3) is 0 Å². The van der Waals surface area contributed by atoms with Gasteiger partial charge in [-0.1, -0.05) is 12.1 Å². The molecule has 0 aliphatic heterocycles. The van der Waals surface area contributed by atoms with Gasteiger partial charge in [0, 0.05) is 0 Å². The molecule has 1 aromatic rings. The third kappa shape index (κ3) is 3.40. The number of urea groups is 1. The zero-order valence-corrected chi connectivity index (χ0v) is 12.8. The number of aliphatic hydroxyl groups is 1. The molecule has 4 nitrogen and oxygen atoms in total. The second-order valence-corrected chi connectivity index (χ2v) is 6.81. The van der Waals surface area contributed by atoms with Gasteiger partial charge in [-0.05, 0) is 62.1 Å². The molecule has 22 heavy (non-hydrogen) atoms. The molecule has 3 N–H and O–H groups in total. The topological polar surface area (TPSA) is 61.4 Å². The molecule has 0 unspecified atom stereocenters. The van der Waals surface area contributed by atoms with Gasteiger partial charge in [-0.3, -0.25) is 0 Å². The fourth-order valence-electron chi connectivity index (χ4n) is 3.00. The van der Waals surface area contributed by atoms with Crippen molar-refractivity contribution in [2.24, 2.45) is 11.8 Å². The Morgan fingerprint density at radius 1 is 1.32 bits per heavy atom. The number of hydrogen-bond donors (Lipinski definition) is 3. The average Bonchev–Trinajstić information content (AvgIpc) is 3.38. The Balaban J connectivity index is 1.66. The van der Waals surface area contributed by atoms with E-state index in [0.29, 0.717) is 11.8 Å². The van der Waals surface area contributed by atoms with Gasteiger partial charge in [0.15, 0.2) is 0 Å². The summed E-state index contributed by atoms with van der Waals surface area (Å²) in [7, 11) is 0. The predicted molar refractivity (Wildman–Crippen MR) is 81.7 cm³/mol. The highest BCUT2D eigenvalue weighted by Gasteiger charge is 2.43. The van der Waals surface area contributed by atoms with Crippen LogP contribution in [0.3, 0.4) is 0 Å². The third-order valence-electron chi connectivity index (χ3n) is 4.82. The highest BCUT2D eigenvalue weighted by Crippen LogP contribution is 2.42. The molecule has 0 heterocycles. The lowest BCUT2D eigenvalue weighted by Gasteiger charge is -2.30. The van der Waals surface area contributed by atoms with Gasteiger partial charge in [0.1, 0.15) is 5.82 Å². The molecule has 120 valence electrons. The van der Waals surface area contributed by atoms with Crippen LogP contribution in [0.2, 0.25) is 0 Å². The van der Waals surface area contributed by atoms with Gasteiger partial charge < -0.3 is 15.7 Å². The molecule has 5 heteroatoms. The monoisotopic (exact) mass is 306 g/mol. The predicted octanol–water partition coefficient (Wildman–Crippen LogP) is 2.74. The number of hydrogen-bond acceptors (Lipinski definition) is 2. The molecule has 0 aromatic heterocycles. The summed E-state index contributed by atoms with van der Waals surface area (Å²) in [6.45, 7) is 1.82. The SMILES string of the molecule is C[C@](CO)(NC(=O)N[C@H](c1ccc(F)cc1)C1CC1)C1CC1. The number of rotatable bonds is 6. The summed E-state index contributed by atoms with van der Waals surface area (Å²) in [4.78, 5) is 12.3. The van der Waals surface area contributed by atoms with Crippen LogP contribution < -0.4 is 10.6 Å². The van der Waals surface area contributed by atoms with Gasteiger partial charge in [0.2, 0.25) is 0 Å². The first-order valence-corrected chi connectivity index (χ1v) is 7.97. The number of halogens is 1. The fourth-order valence-corrected chi connectivity index (χ4v) is 3.00. The van der Waals surface area contributed by atoms with Gasteiger partial charge in [-0.15, -0.1) is 0 Å². The number of carbonyl (C=O) groups is 1. The molecular formula is C17H23FN2O2. The Labute approximate surface area is 130 Å². The first kappa shape index (κ1) is 15.3. The van der Waals surface area contributed by atoms with E-state index < -0.39 is 5.54 Å². The smallest absolute Gasteiger partial charge is 0.315 e. The maximum atomic E-state index is 13.1. The quantitative estimate of drug-likeness (QED) is 0.757. The molecule has 0 bridgehead atoms. The summed E-state index contributed by atoms with van der Waals surface area (Å²) < 4.78 is 13.1. The summed E-state index contributed by atoms with van der Waals surface area (Å²) in [5.74, 6) is 0.496. The number of aliphatic hydroxyl groups excluding tert-OH is 1. The molecule has 0 spiro atoms. The first-order chi connectivity index (χ1) is 10.5. The molecular weight excluding hydrogens is 283 g/mol. The van der Waals surface area contributed by atoms with E-state index in [2.05, 4.69) is 10.6 Å². The number of benzene rings is 1. The third-order valence-corrected chi connectivity index (χ3v) is 4.82. The van der Waals surface area contributed by atoms with E-state index in [1.165, 1.54) is 12.1 Å². The Hall–Kier alpha value is -1.62. The van der Waals surface area contributed by atoms with E-state index in [9.17, 15) is 14.3 Å². The molecule has 2 fully saturated rings. The zero-order chi connectivity index (χ0) is 15.7. The van der Waals surface area contributed by atoms with Gasteiger partial charge in [-0.25, -0.2) is 9.18 Å². The van der Waals surface area contributed by atoms with E-state index in [-0.39, 0.29) is 24.5 Å². The molecule has 2 aliphatic carbocycles. The normalized spacial score (nSPS) is 21.8. The largest absolute Gasteiger partial charge is 0.394 e. The fraction of sp³-hybridized carbons (Fsp3) is 0.588. The Bertz CT molecular complexity index is 540. The van der Waals surface area contributed by atoms with Crippen LogP contribution in [-0.4, -0.2) is 23.3 Å². The van der Waals surface area contributed by atoms with Crippen LogP contribution in [0.4, 0.5) is 9.18 Å². The molecule has 2 aliphatic rings. The summed E-state index contributed by atoms with van der Waals surface area (Å²) in [5, 5.41) is 15.5. The lowest BCUT2D eigenvalue weighted by molar-refractivity contribution is 0.153. The lowest BCUT2D eigenvalue weighted by atomic mass is 9.97. The summed E-state index contributed by atoms with van der Waals surface area (Å²) in [6.07, 6.45) is 4.23. The van der Waals surface area contributed by atoms with Crippen molar-refractivity contribution in [2.45, 2.75) is 44.2 Å². The Morgan fingerprint density at radius 3 is 2.45 bits per heavy atom. The average molecular weight is 306 g/mol. The summed E-state index contributed by atoms with van der Waals surface area (Å²) >= 11 is 0. The molecule has 2 saturated carbocycles. The highest BCUT2D eigenvalue weighted by atomic mass is 19.1. The minimum absolute atomic E-state index is 0.0598. The minimum atomic E-state index is -0.555. The number of carbonyl (C=O) groups excluding carboxylic acids is 1. The molecule has 0 saturated heterocycles. The zero-order valence-electron chi connectivity index (χ0n) is 12.8. The lowest BCUT2D eigenvalue weighted by Crippen LogP contribution is -2.54. The van der Waals surface area contributed by atoms with Crippen molar-refractivity contribution in [3.05, 3.63) is 35.6 Å². The Morgan fingerprint density at radius 2 is 1.95 bits per heavy atom. The Kier molecular flexibility index (Phi) is 4.08. The highest BCUT2D eigenvalue weighted by molar-refractivity contribution is 5.75. The van der Waals surface area contributed by atoms with Crippen molar-refractivity contribution in [3.8, 4) is 0 Å². The van der Waals surface area contributed by atoms with Crippen LogP contribution in [0, 0.1) is 17.7 Å². The molecule has 1 aromatic carbocycles. The van der Waals surface area contributed by atoms with E-state index >= 15 is 0 Å². The number of amides is 2. The van der Waals surface area contributed by atoms with Gasteiger partial charge in [0.25, 0.3) is 0 Å². The molecule has 0 radical (unpaired) electrons. The molecule has 2 atom stereocenters. The van der Waals surface area contributed by atoms with Gasteiger partial charge in [-0.2, -0.15) is 0 Å². The van der Waals surface area contributed by atoms with Crippen molar-refractivity contribution in [2.75, 3.05) is 6.61 Å². The molecule has 3 rings (SSSR count). The van der Waals surface area contributed by atoms with Crippen molar-refractivity contribution in [1.29, 1.82) is 0 Å². The van der Waals surface area contributed by atoms with Crippen LogP contribution in [0.15, 0.2) is 24.3 Å². The summed E-state index contributed by atoms with van der Waals surface area (Å²) in [5.41, 5.74) is 0.372. The van der Waals surface area contributed by atoms with Crippen LogP contribution in [0.5, 0.6) is 0 Å². The van der Waals surface area contributed by atoms with E-state index in [1.807, 2.05) is 6.92 Å². The standard InChI is InChI=1S/C17H23FN2O2/c1-17(10-21,13-6-7-13)20-16(22)19-15(11-2-3-11)12-4-8-14(18)9-5-12/h4-5,8-9,11,13,15,21H,2-3,6-7,10H2,1H3,(H2,19,20,22)/t15-,17+/m0/s1. The maximum absolute atomic E-state index is 13.1. The van der Waals surface area contributed by atoms with Crippen LogP contribution in [-0.2, 0) is 0 Å². The minimum Gasteiger partial charge on any atom is -0.394 e. The maximum Gasteiger partial charge on any atom is 0.315 e. The van der Waals surface area contributed by atoms with Crippen molar-refractivity contribution >= 4 is 6.03 Å². The second kappa shape index (κ2) is 5.88. The van der Waals surface area contributed by atoms with Gasteiger partial charge >= 0.3 is 6.03 Å². The van der Waals surface area contributed by atoms with Gasteiger partial charge in [0.05, 0.1) is 18.2 Å². The van der Waals surface area contributed by atoms with E-state index in [0.717, 1.165) is 31.2 Å². The number of nitrogens with one attached hydrogen (secondary N) is 2.